The van der Waals surface area contributed by atoms with Gasteiger partial charge >= 0.3 is 12.1 Å². The number of rotatable bonds is 7. The first kappa shape index (κ1) is 27.0. The Morgan fingerprint density at radius 3 is 2.31 bits per heavy atom. The maximum atomic E-state index is 14.3. The monoisotopic (exact) mass is 520 g/mol. The molecule has 2 aromatic carbocycles. The highest BCUT2D eigenvalue weighted by atomic mass is 32.1. The van der Waals surface area contributed by atoms with Crippen molar-refractivity contribution in [3.8, 4) is 17.3 Å². The van der Waals surface area contributed by atoms with Crippen LogP contribution in [0.3, 0.4) is 0 Å². The van der Waals surface area contributed by atoms with Crippen molar-refractivity contribution in [2.24, 2.45) is 5.41 Å². The van der Waals surface area contributed by atoms with E-state index in [1.54, 1.807) is 19.9 Å². The van der Waals surface area contributed by atoms with Gasteiger partial charge in [-0.25, -0.2) is 13.8 Å². The Balaban J connectivity index is 2.25. The van der Waals surface area contributed by atoms with Gasteiger partial charge < -0.3 is 4.74 Å². The largest absolute Gasteiger partial charge is 0.424 e. The maximum absolute atomic E-state index is 14.3. The minimum Gasteiger partial charge on any atom is -0.424 e. The first-order chi connectivity index (χ1) is 16.9. The Morgan fingerprint density at radius 1 is 1.08 bits per heavy atom. The number of ether oxygens (including phenoxy) is 1. The van der Waals surface area contributed by atoms with Crippen LogP contribution in [0.4, 0.5) is 22.0 Å². The zero-order valence-corrected chi connectivity index (χ0v) is 20.4. The molecule has 0 fully saturated rings. The molecule has 10 heteroatoms. The quantitative estimate of drug-likeness (QED) is 0.138. The van der Waals surface area contributed by atoms with E-state index in [2.05, 4.69) is 4.98 Å². The Hall–Kier alpha value is -3.58. The van der Waals surface area contributed by atoms with Crippen LogP contribution in [0.1, 0.15) is 49.7 Å². The number of alkyl halides is 3. The molecule has 3 rings (SSSR count). The summed E-state index contributed by atoms with van der Waals surface area (Å²) in [5.41, 5.74) is -3.78. The van der Waals surface area contributed by atoms with Crippen molar-refractivity contribution in [3.63, 3.8) is 0 Å². The van der Waals surface area contributed by atoms with Crippen molar-refractivity contribution in [1.82, 2.24) is 4.98 Å². The van der Waals surface area contributed by atoms with Gasteiger partial charge in [-0.2, -0.15) is 18.4 Å². The SMILES string of the molecule is CCCC(C)(C)C(=O)O/C(=C(\C#N)c1nc(-c2c(F)cccc2F)cs1)c1ccccc1C(F)(F)F. The van der Waals surface area contributed by atoms with Crippen molar-refractivity contribution < 1.29 is 31.5 Å². The second kappa shape index (κ2) is 10.6. The number of thiazole rings is 1. The molecule has 188 valence electrons. The third-order valence-electron chi connectivity index (χ3n) is 5.38. The van der Waals surface area contributed by atoms with Crippen LogP contribution in [-0.2, 0) is 15.7 Å². The van der Waals surface area contributed by atoms with Crippen LogP contribution in [0, 0.1) is 28.4 Å². The number of hydrogen-bond acceptors (Lipinski definition) is 5. The molecular weight excluding hydrogens is 499 g/mol. The average Bonchev–Trinajstić information content (AvgIpc) is 3.27. The molecule has 1 heterocycles. The second-order valence-corrected chi connectivity index (χ2v) is 9.38. The molecule has 4 nitrogen and oxygen atoms in total. The van der Waals surface area contributed by atoms with Gasteiger partial charge in [-0.3, -0.25) is 4.79 Å². The highest BCUT2D eigenvalue weighted by molar-refractivity contribution is 7.11. The maximum Gasteiger partial charge on any atom is 0.417 e. The molecule has 0 aliphatic heterocycles. The molecule has 0 amide bonds. The first-order valence-corrected chi connectivity index (χ1v) is 11.7. The first-order valence-electron chi connectivity index (χ1n) is 10.8. The molecule has 0 aliphatic rings. The predicted molar refractivity (Wildman–Crippen MR) is 126 cm³/mol. The minimum absolute atomic E-state index is 0.153. The third kappa shape index (κ3) is 5.62. The van der Waals surface area contributed by atoms with Crippen LogP contribution < -0.4 is 0 Å². The molecule has 0 unspecified atom stereocenters. The van der Waals surface area contributed by atoms with Crippen LogP contribution >= 0.6 is 11.3 Å². The number of carbonyl (C=O) groups excluding carboxylic acids is 1. The van der Waals surface area contributed by atoms with Crippen molar-refractivity contribution >= 4 is 28.6 Å². The summed E-state index contributed by atoms with van der Waals surface area (Å²) in [7, 11) is 0. The van der Waals surface area contributed by atoms with Gasteiger partial charge in [-0.05, 0) is 38.5 Å². The molecule has 0 atom stereocenters. The van der Waals surface area contributed by atoms with Gasteiger partial charge in [0.25, 0.3) is 0 Å². The second-order valence-electron chi connectivity index (χ2n) is 8.52. The van der Waals surface area contributed by atoms with Gasteiger partial charge in [0.05, 0.1) is 22.2 Å². The number of esters is 1. The van der Waals surface area contributed by atoms with Crippen LogP contribution in [0.5, 0.6) is 0 Å². The summed E-state index contributed by atoms with van der Waals surface area (Å²) in [4.78, 5) is 17.1. The molecule has 0 radical (unpaired) electrons. The van der Waals surface area contributed by atoms with E-state index in [9.17, 15) is 32.0 Å². The summed E-state index contributed by atoms with van der Waals surface area (Å²) in [5.74, 6) is -3.26. The van der Waals surface area contributed by atoms with Crippen LogP contribution in [-0.4, -0.2) is 11.0 Å². The molecule has 1 aromatic heterocycles. The number of carbonyl (C=O) groups is 1. The zero-order chi connectivity index (χ0) is 26.7. The number of halogens is 5. The van der Waals surface area contributed by atoms with Crippen LogP contribution in [0.25, 0.3) is 22.6 Å². The molecule has 0 saturated carbocycles. The van der Waals surface area contributed by atoms with Gasteiger partial charge in [-0.1, -0.05) is 37.6 Å². The van der Waals surface area contributed by atoms with Gasteiger partial charge in [0.2, 0.25) is 0 Å². The summed E-state index contributed by atoms with van der Waals surface area (Å²) in [6.45, 7) is 5.01. The van der Waals surface area contributed by atoms with E-state index in [0.29, 0.717) is 12.8 Å². The smallest absolute Gasteiger partial charge is 0.417 e. The molecule has 0 N–H and O–H groups in total. The zero-order valence-electron chi connectivity index (χ0n) is 19.5. The van der Waals surface area contributed by atoms with Gasteiger partial charge in [0, 0.05) is 10.9 Å². The number of nitrogens with zero attached hydrogens (tertiary/aromatic N) is 2. The average molecular weight is 521 g/mol. The van der Waals surface area contributed by atoms with E-state index in [-0.39, 0.29) is 10.7 Å². The summed E-state index contributed by atoms with van der Waals surface area (Å²) in [5, 5.41) is 11.1. The van der Waals surface area contributed by atoms with E-state index >= 15 is 0 Å². The Kier molecular flexibility index (Phi) is 7.94. The lowest BCUT2D eigenvalue weighted by Gasteiger charge is -2.24. The molecule has 36 heavy (non-hydrogen) atoms. The van der Waals surface area contributed by atoms with Crippen molar-refractivity contribution in [2.45, 2.75) is 39.8 Å². The number of nitriles is 1. The Labute approximate surface area is 208 Å². The number of aromatic nitrogens is 1. The normalized spacial score (nSPS) is 12.6. The molecule has 0 spiro atoms. The van der Waals surface area contributed by atoms with Crippen molar-refractivity contribution in [3.05, 3.63) is 75.6 Å². The number of benzene rings is 2. The summed E-state index contributed by atoms with van der Waals surface area (Å²) < 4.78 is 75.6. The lowest BCUT2D eigenvalue weighted by Crippen LogP contribution is -2.26. The highest BCUT2D eigenvalue weighted by Gasteiger charge is 2.37. The summed E-state index contributed by atoms with van der Waals surface area (Å²) in [6, 6.07) is 9.37. The van der Waals surface area contributed by atoms with E-state index in [1.807, 2.05) is 6.92 Å². The number of allylic oxidation sites excluding steroid dienone is 1. The molecule has 3 aromatic rings. The van der Waals surface area contributed by atoms with E-state index in [4.69, 9.17) is 4.74 Å². The lowest BCUT2D eigenvalue weighted by molar-refractivity contribution is -0.147. The van der Waals surface area contributed by atoms with E-state index < -0.39 is 57.2 Å². The Bertz CT molecular complexity index is 1330. The van der Waals surface area contributed by atoms with Gasteiger partial charge in [0.1, 0.15) is 28.3 Å². The van der Waals surface area contributed by atoms with Crippen molar-refractivity contribution in [2.75, 3.05) is 0 Å². The van der Waals surface area contributed by atoms with Crippen LogP contribution in [0.2, 0.25) is 0 Å². The molecule has 0 saturated heterocycles. The van der Waals surface area contributed by atoms with Gasteiger partial charge in [0.15, 0.2) is 5.76 Å². The minimum atomic E-state index is -4.82. The van der Waals surface area contributed by atoms with Crippen LogP contribution in [0.15, 0.2) is 47.8 Å². The standard InChI is InChI=1S/C26H21F5N2O2S/c1-4-12-25(2,3)24(34)35-22(15-8-5-6-9-17(15)26(29,30)31)16(13-32)23-33-20(14-36-23)21-18(27)10-7-11-19(21)28/h5-11,14H,4,12H2,1-3H3/b22-16+. The summed E-state index contributed by atoms with van der Waals surface area (Å²) in [6.07, 6.45) is -3.83. The fourth-order valence-corrected chi connectivity index (χ4v) is 4.37. The third-order valence-corrected chi connectivity index (χ3v) is 6.24. The predicted octanol–water partition coefficient (Wildman–Crippen LogP) is 7.87. The molecule has 0 bridgehead atoms. The lowest BCUT2D eigenvalue weighted by atomic mass is 9.88. The fourth-order valence-electron chi connectivity index (χ4n) is 3.57. The van der Waals surface area contributed by atoms with E-state index in [0.717, 1.165) is 35.6 Å². The topological polar surface area (TPSA) is 63.0 Å². The molecule has 0 aliphatic carbocycles. The fraction of sp³-hybridized carbons (Fsp3) is 0.269. The highest BCUT2D eigenvalue weighted by Crippen LogP contribution is 2.40. The van der Waals surface area contributed by atoms with Crippen molar-refractivity contribution in [1.29, 1.82) is 5.26 Å². The Morgan fingerprint density at radius 2 is 1.72 bits per heavy atom. The number of hydrogen-bond donors (Lipinski definition) is 0. The molecular formula is C26H21F5N2O2S. The summed E-state index contributed by atoms with van der Waals surface area (Å²) >= 11 is 0.778. The van der Waals surface area contributed by atoms with E-state index in [1.165, 1.54) is 23.6 Å². The van der Waals surface area contributed by atoms with Gasteiger partial charge in [-0.15, -0.1) is 11.3 Å².